The van der Waals surface area contributed by atoms with Gasteiger partial charge in [-0.2, -0.15) is 0 Å². The average Bonchev–Trinajstić information content (AvgIpc) is 2.74. The molecule has 150 valence electrons. The highest BCUT2D eigenvalue weighted by molar-refractivity contribution is 5.97. The molecule has 0 aliphatic carbocycles. The van der Waals surface area contributed by atoms with Gasteiger partial charge in [0, 0.05) is 12.8 Å². The quantitative estimate of drug-likeness (QED) is 0.553. The molecule has 0 radical (unpaired) electrons. The summed E-state index contributed by atoms with van der Waals surface area (Å²) in [7, 11) is 4.40. The molecule has 0 bridgehead atoms. The van der Waals surface area contributed by atoms with Crippen LogP contribution in [-0.4, -0.2) is 36.9 Å². The lowest BCUT2D eigenvalue weighted by Crippen LogP contribution is -3.00. The fourth-order valence-electron chi connectivity index (χ4n) is 4.70. The van der Waals surface area contributed by atoms with Crippen LogP contribution in [0.15, 0.2) is 91.0 Å². The van der Waals surface area contributed by atoms with Gasteiger partial charge >= 0.3 is 0 Å². The number of hydrogen-bond acceptors (Lipinski definition) is 1. The van der Waals surface area contributed by atoms with Crippen LogP contribution in [0.1, 0.15) is 23.1 Å². The molecule has 29 heavy (non-hydrogen) atoms. The van der Waals surface area contributed by atoms with Crippen LogP contribution in [0, 0.1) is 0 Å². The molecule has 1 unspecified atom stereocenters. The summed E-state index contributed by atoms with van der Waals surface area (Å²) >= 11 is 0. The third-order valence-corrected chi connectivity index (χ3v) is 6.44. The number of hydrogen-bond donors (Lipinski definition) is 0. The second-order valence-electron chi connectivity index (χ2n) is 8.46. The molecule has 1 aliphatic rings. The Morgan fingerprint density at radius 1 is 0.793 bits per heavy atom. The SMILES string of the molecule is C[N+]1(C)CCC(c2ccccc2)(c2ccccc2)C(=O)C1Cc1ccccc1.[Br-]. The molecule has 3 aromatic rings. The van der Waals surface area contributed by atoms with E-state index in [0.29, 0.717) is 5.78 Å². The molecule has 3 heteroatoms. The first-order valence-corrected chi connectivity index (χ1v) is 10.1. The number of carbonyl (C=O) groups excluding carboxylic acids is 1. The van der Waals surface area contributed by atoms with E-state index in [2.05, 4.69) is 62.6 Å². The van der Waals surface area contributed by atoms with Gasteiger partial charge in [0.2, 0.25) is 5.78 Å². The van der Waals surface area contributed by atoms with Crippen molar-refractivity contribution in [2.45, 2.75) is 24.3 Å². The third-order valence-electron chi connectivity index (χ3n) is 6.44. The van der Waals surface area contributed by atoms with E-state index in [0.717, 1.165) is 35.0 Å². The Kier molecular flexibility index (Phi) is 6.40. The Balaban J connectivity index is 0.00000240. The smallest absolute Gasteiger partial charge is 0.205 e. The molecule has 0 spiro atoms. The van der Waals surface area contributed by atoms with Crippen molar-refractivity contribution in [3.8, 4) is 0 Å². The van der Waals surface area contributed by atoms with Crippen LogP contribution >= 0.6 is 0 Å². The van der Waals surface area contributed by atoms with E-state index in [1.165, 1.54) is 5.56 Å². The van der Waals surface area contributed by atoms with Crippen molar-refractivity contribution < 1.29 is 26.3 Å². The number of rotatable bonds is 4. The van der Waals surface area contributed by atoms with Crippen LogP contribution in [0.3, 0.4) is 0 Å². The van der Waals surface area contributed by atoms with Gasteiger partial charge in [-0.05, 0) is 16.7 Å². The van der Waals surface area contributed by atoms with E-state index in [9.17, 15) is 4.79 Å². The summed E-state index contributed by atoms with van der Waals surface area (Å²) in [5, 5.41) is 0. The number of likely N-dealkylation sites (tertiary alicyclic amines) is 1. The maximum Gasteiger partial charge on any atom is 0.205 e. The highest BCUT2D eigenvalue weighted by atomic mass is 79.9. The number of benzene rings is 3. The number of ketones is 1. The van der Waals surface area contributed by atoms with Gasteiger partial charge in [-0.1, -0.05) is 91.0 Å². The highest BCUT2D eigenvalue weighted by Crippen LogP contribution is 2.43. The van der Waals surface area contributed by atoms with Gasteiger partial charge in [0.15, 0.2) is 6.04 Å². The van der Waals surface area contributed by atoms with E-state index in [1.807, 2.05) is 42.5 Å². The molecule has 3 aromatic carbocycles. The minimum absolute atomic E-state index is 0. The summed E-state index contributed by atoms with van der Waals surface area (Å²) in [5.74, 6) is 0.338. The Hall–Kier alpha value is -2.23. The Bertz CT molecular complexity index is 899. The molecule has 1 heterocycles. The van der Waals surface area contributed by atoms with Crippen molar-refractivity contribution >= 4 is 5.78 Å². The van der Waals surface area contributed by atoms with Crippen molar-refractivity contribution in [3.63, 3.8) is 0 Å². The van der Waals surface area contributed by atoms with Gasteiger partial charge in [-0.25, -0.2) is 0 Å². The topological polar surface area (TPSA) is 17.1 Å². The molecule has 1 saturated heterocycles. The van der Waals surface area contributed by atoms with Gasteiger partial charge < -0.3 is 21.5 Å². The predicted octanol–water partition coefficient (Wildman–Crippen LogP) is 1.64. The standard InChI is InChI=1S/C26H28NO.BrH/c1-27(2)19-18-26(22-14-8-4-9-15-22,23-16-10-5-11-17-23)25(28)24(27)20-21-12-6-3-7-13-21;/h3-17,24H,18-20H2,1-2H3;1H/q+1;/p-1. The number of carbonyl (C=O) groups is 1. The highest BCUT2D eigenvalue weighted by Gasteiger charge is 2.54. The van der Waals surface area contributed by atoms with Gasteiger partial charge in [-0.3, -0.25) is 4.79 Å². The monoisotopic (exact) mass is 449 g/mol. The fourth-order valence-corrected chi connectivity index (χ4v) is 4.70. The molecular formula is C26H28BrNO. The zero-order valence-corrected chi connectivity index (χ0v) is 18.7. The van der Waals surface area contributed by atoms with Crippen molar-refractivity contribution in [1.82, 2.24) is 0 Å². The molecule has 4 rings (SSSR count). The number of piperidine rings is 1. The number of Topliss-reactive ketones (excluding diaryl/α,β-unsaturated/α-hetero) is 1. The largest absolute Gasteiger partial charge is 1.00 e. The minimum Gasteiger partial charge on any atom is -1.00 e. The van der Waals surface area contributed by atoms with E-state index >= 15 is 0 Å². The first kappa shape index (κ1) is 21.5. The van der Waals surface area contributed by atoms with Crippen LogP contribution in [0.2, 0.25) is 0 Å². The lowest BCUT2D eigenvalue weighted by Gasteiger charge is -2.49. The second kappa shape index (κ2) is 8.64. The molecule has 0 aromatic heterocycles. The molecule has 1 fully saturated rings. The van der Waals surface area contributed by atoms with E-state index in [-0.39, 0.29) is 23.0 Å². The summed E-state index contributed by atoms with van der Waals surface area (Å²) < 4.78 is 0.731. The summed E-state index contributed by atoms with van der Waals surface area (Å²) in [6, 6.07) is 31.1. The van der Waals surface area contributed by atoms with E-state index in [4.69, 9.17) is 0 Å². The Morgan fingerprint density at radius 3 is 1.72 bits per heavy atom. The normalized spacial score (nSPS) is 19.9. The number of quaternary nitrogens is 1. The van der Waals surface area contributed by atoms with Crippen LogP contribution < -0.4 is 17.0 Å². The van der Waals surface area contributed by atoms with Crippen LogP contribution in [-0.2, 0) is 16.6 Å². The predicted molar refractivity (Wildman–Crippen MR) is 114 cm³/mol. The summed E-state index contributed by atoms with van der Waals surface area (Å²) in [6.07, 6.45) is 1.60. The summed E-state index contributed by atoms with van der Waals surface area (Å²) in [5.41, 5.74) is 2.88. The van der Waals surface area contributed by atoms with E-state index < -0.39 is 5.41 Å². The number of likely N-dealkylation sites (N-methyl/N-ethyl adjacent to an activating group) is 1. The Labute approximate surface area is 184 Å². The maximum atomic E-state index is 14.3. The third kappa shape index (κ3) is 3.94. The minimum atomic E-state index is -0.574. The number of nitrogens with zero attached hydrogens (tertiary/aromatic N) is 1. The number of halogens is 1. The van der Waals surface area contributed by atoms with Crippen molar-refractivity contribution in [3.05, 3.63) is 108 Å². The molecule has 0 saturated carbocycles. The van der Waals surface area contributed by atoms with Gasteiger partial charge in [0.25, 0.3) is 0 Å². The molecule has 1 aliphatic heterocycles. The summed E-state index contributed by atoms with van der Waals surface area (Å²) in [4.78, 5) is 14.3. The first-order chi connectivity index (χ1) is 13.5. The van der Waals surface area contributed by atoms with Gasteiger partial charge in [0.1, 0.15) is 0 Å². The lowest BCUT2D eigenvalue weighted by atomic mass is 9.64. The van der Waals surface area contributed by atoms with Gasteiger partial charge in [-0.15, -0.1) is 0 Å². The molecular weight excluding hydrogens is 422 g/mol. The van der Waals surface area contributed by atoms with Crippen molar-refractivity contribution in [2.24, 2.45) is 0 Å². The van der Waals surface area contributed by atoms with Gasteiger partial charge in [0.05, 0.1) is 26.1 Å². The molecule has 0 amide bonds. The van der Waals surface area contributed by atoms with Crippen LogP contribution in [0.25, 0.3) is 0 Å². The molecule has 2 nitrogen and oxygen atoms in total. The maximum absolute atomic E-state index is 14.3. The van der Waals surface area contributed by atoms with Crippen molar-refractivity contribution in [1.29, 1.82) is 0 Å². The van der Waals surface area contributed by atoms with Crippen molar-refractivity contribution in [2.75, 3.05) is 20.6 Å². The lowest BCUT2D eigenvalue weighted by molar-refractivity contribution is -0.909. The average molecular weight is 450 g/mol. The molecule has 0 N–H and O–H groups in total. The molecule has 1 atom stereocenters. The van der Waals surface area contributed by atoms with E-state index in [1.54, 1.807) is 0 Å². The zero-order chi connectivity index (χ0) is 19.6. The second-order valence-corrected chi connectivity index (χ2v) is 8.46. The summed E-state index contributed by atoms with van der Waals surface area (Å²) in [6.45, 7) is 0.965. The zero-order valence-electron chi connectivity index (χ0n) is 17.1. The fraction of sp³-hybridized carbons (Fsp3) is 0.269. The Morgan fingerprint density at radius 2 is 1.24 bits per heavy atom. The first-order valence-electron chi connectivity index (χ1n) is 10.1. The van der Waals surface area contributed by atoms with Crippen LogP contribution in [0.5, 0.6) is 0 Å². The van der Waals surface area contributed by atoms with Crippen LogP contribution in [0.4, 0.5) is 0 Å².